The van der Waals surface area contributed by atoms with Gasteiger partial charge >= 0.3 is 0 Å². The van der Waals surface area contributed by atoms with Crippen molar-refractivity contribution >= 4 is 34.7 Å². The third kappa shape index (κ3) is 3.00. The summed E-state index contributed by atoms with van der Waals surface area (Å²) in [5.74, 6) is 0.580. The van der Waals surface area contributed by atoms with Crippen molar-refractivity contribution in [3.63, 3.8) is 0 Å². The average Bonchev–Trinajstić information content (AvgIpc) is 2.94. The predicted octanol–water partition coefficient (Wildman–Crippen LogP) is 4.49. The number of nitrogens with zero attached hydrogens (tertiary/aromatic N) is 4. The SMILES string of the molecule is CC1Cc2ccccc2N1c1nncc(Nc2ccc(F)c(Cl)c2)n1. The molecule has 1 unspecified atom stereocenters. The second-order valence-electron chi connectivity index (χ2n) is 5.95. The van der Waals surface area contributed by atoms with Gasteiger partial charge in [0.2, 0.25) is 0 Å². The van der Waals surface area contributed by atoms with Gasteiger partial charge in [-0.25, -0.2) is 4.39 Å². The number of nitrogens with one attached hydrogen (secondary N) is 1. The van der Waals surface area contributed by atoms with Crippen LogP contribution in [0.5, 0.6) is 0 Å². The van der Waals surface area contributed by atoms with Crippen molar-refractivity contribution in [2.24, 2.45) is 0 Å². The molecule has 2 heterocycles. The molecule has 25 heavy (non-hydrogen) atoms. The normalized spacial score (nSPS) is 16.0. The minimum atomic E-state index is -0.462. The van der Waals surface area contributed by atoms with E-state index >= 15 is 0 Å². The van der Waals surface area contributed by atoms with E-state index in [0.717, 1.165) is 12.1 Å². The van der Waals surface area contributed by atoms with Crippen LogP contribution in [-0.2, 0) is 6.42 Å². The topological polar surface area (TPSA) is 53.9 Å². The largest absolute Gasteiger partial charge is 0.339 e. The van der Waals surface area contributed by atoms with Crippen molar-refractivity contribution in [2.75, 3.05) is 10.2 Å². The summed E-state index contributed by atoms with van der Waals surface area (Å²) in [6.07, 6.45) is 2.46. The summed E-state index contributed by atoms with van der Waals surface area (Å²) >= 11 is 5.82. The van der Waals surface area contributed by atoms with E-state index in [9.17, 15) is 4.39 Å². The molecule has 1 N–H and O–H groups in total. The summed E-state index contributed by atoms with van der Waals surface area (Å²) in [6.45, 7) is 2.13. The smallest absolute Gasteiger partial charge is 0.252 e. The van der Waals surface area contributed by atoms with Crippen LogP contribution in [0.4, 0.5) is 27.5 Å². The van der Waals surface area contributed by atoms with E-state index in [2.05, 4.69) is 44.5 Å². The van der Waals surface area contributed by atoms with Gasteiger partial charge in [-0.2, -0.15) is 10.1 Å². The van der Waals surface area contributed by atoms with E-state index in [4.69, 9.17) is 11.6 Å². The average molecular weight is 356 g/mol. The van der Waals surface area contributed by atoms with E-state index in [0.29, 0.717) is 17.5 Å². The summed E-state index contributed by atoms with van der Waals surface area (Å²) in [5, 5.41) is 11.4. The zero-order chi connectivity index (χ0) is 17.4. The van der Waals surface area contributed by atoms with Crippen molar-refractivity contribution in [1.82, 2.24) is 15.2 Å². The van der Waals surface area contributed by atoms with Crippen molar-refractivity contribution in [3.8, 4) is 0 Å². The summed E-state index contributed by atoms with van der Waals surface area (Å²) in [7, 11) is 0. The highest BCUT2D eigenvalue weighted by molar-refractivity contribution is 6.31. The molecule has 2 aromatic carbocycles. The molecule has 3 aromatic rings. The van der Waals surface area contributed by atoms with Crippen LogP contribution in [0.3, 0.4) is 0 Å². The maximum atomic E-state index is 13.3. The molecule has 0 fully saturated rings. The van der Waals surface area contributed by atoms with Crippen molar-refractivity contribution in [2.45, 2.75) is 19.4 Å². The lowest BCUT2D eigenvalue weighted by Crippen LogP contribution is -2.26. The monoisotopic (exact) mass is 355 g/mol. The molecule has 0 amide bonds. The van der Waals surface area contributed by atoms with Gasteiger partial charge in [0.25, 0.3) is 5.95 Å². The van der Waals surface area contributed by atoms with Crippen molar-refractivity contribution in [1.29, 1.82) is 0 Å². The minimum absolute atomic E-state index is 0.0503. The highest BCUT2D eigenvalue weighted by Crippen LogP contribution is 2.36. The molecule has 126 valence electrons. The standard InChI is InChI=1S/C18H15ClFN5/c1-11-8-12-4-2-3-5-16(12)25(11)18-23-17(10-21-24-18)22-13-6-7-15(20)14(19)9-13/h2-7,9-11H,8H2,1H3,(H,22,23,24). The zero-order valence-electron chi connectivity index (χ0n) is 13.4. The number of hydrogen-bond acceptors (Lipinski definition) is 5. The first kappa shape index (κ1) is 15.8. The number of benzene rings is 2. The lowest BCUT2D eigenvalue weighted by molar-refractivity contribution is 0.628. The van der Waals surface area contributed by atoms with Crippen LogP contribution in [0.25, 0.3) is 0 Å². The number of halogens is 2. The Kier molecular flexibility index (Phi) is 3.97. The van der Waals surface area contributed by atoms with E-state index in [1.54, 1.807) is 6.07 Å². The van der Waals surface area contributed by atoms with Crippen molar-refractivity contribution in [3.05, 3.63) is 65.1 Å². The molecule has 1 atom stereocenters. The molecule has 5 nitrogen and oxygen atoms in total. The first-order valence-electron chi connectivity index (χ1n) is 7.91. The molecule has 1 aromatic heterocycles. The molecule has 0 radical (unpaired) electrons. The van der Waals surface area contributed by atoms with Crippen LogP contribution in [-0.4, -0.2) is 21.2 Å². The minimum Gasteiger partial charge on any atom is -0.339 e. The Balaban J connectivity index is 1.65. The second-order valence-corrected chi connectivity index (χ2v) is 6.35. The number of hydrogen-bond donors (Lipinski definition) is 1. The number of fused-ring (bicyclic) bond motifs is 1. The Hall–Kier alpha value is -2.73. The van der Waals surface area contributed by atoms with Gasteiger partial charge in [-0.1, -0.05) is 29.8 Å². The Morgan fingerprint density at radius 3 is 2.92 bits per heavy atom. The molecule has 4 rings (SSSR count). The van der Waals surface area contributed by atoms with Crippen LogP contribution in [0.2, 0.25) is 5.02 Å². The number of rotatable bonds is 3. The molecule has 0 spiro atoms. The third-order valence-corrected chi connectivity index (χ3v) is 4.45. The van der Waals surface area contributed by atoms with Crippen LogP contribution in [0.15, 0.2) is 48.7 Å². The van der Waals surface area contributed by atoms with Gasteiger partial charge in [-0.05, 0) is 43.2 Å². The number of anilines is 4. The Bertz CT molecular complexity index is 933. The van der Waals surface area contributed by atoms with Gasteiger partial charge in [0.15, 0.2) is 5.82 Å². The molecule has 7 heteroatoms. The van der Waals surface area contributed by atoms with Crippen LogP contribution in [0.1, 0.15) is 12.5 Å². The molecule has 1 aliphatic rings. The van der Waals surface area contributed by atoms with Crippen LogP contribution in [0, 0.1) is 5.82 Å². The zero-order valence-corrected chi connectivity index (χ0v) is 14.2. The lowest BCUT2D eigenvalue weighted by Gasteiger charge is -2.22. The molecular formula is C18H15ClFN5. The predicted molar refractivity (Wildman–Crippen MR) is 96.3 cm³/mol. The maximum Gasteiger partial charge on any atom is 0.252 e. The summed E-state index contributed by atoms with van der Waals surface area (Å²) in [4.78, 5) is 6.63. The Labute approximate surface area is 149 Å². The fraction of sp³-hybridized carbons (Fsp3) is 0.167. The first-order chi connectivity index (χ1) is 12.1. The molecule has 0 aliphatic carbocycles. The quantitative estimate of drug-likeness (QED) is 0.750. The molecule has 0 saturated heterocycles. The van der Waals surface area contributed by atoms with E-state index in [-0.39, 0.29) is 11.1 Å². The number of aromatic nitrogens is 3. The molecule has 0 saturated carbocycles. The van der Waals surface area contributed by atoms with E-state index in [1.807, 2.05) is 12.1 Å². The highest BCUT2D eigenvalue weighted by atomic mass is 35.5. The van der Waals surface area contributed by atoms with Crippen LogP contribution < -0.4 is 10.2 Å². The molecular weight excluding hydrogens is 341 g/mol. The second kappa shape index (κ2) is 6.29. The molecule has 1 aliphatic heterocycles. The van der Waals surface area contributed by atoms with Gasteiger partial charge in [0, 0.05) is 17.4 Å². The van der Waals surface area contributed by atoms with E-state index in [1.165, 1.54) is 23.9 Å². The number of para-hydroxylation sites is 1. The molecule has 0 bridgehead atoms. The van der Waals surface area contributed by atoms with Crippen LogP contribution >= 0.6 is 11.6 Å². The van der Waals surface area contributed by atoms with Gasteiger partial charge < -0.3 is 10.2 Å². The summed E-state index contributed by atoms with van der Waals surface area (Å²) < 4.78 is 13.3. The van der Waals surface area contributed by atoms with Gasteiger partial charge in [0.1, 0.15) is 5.82 Å². The summed E-state index contributed by atoms with van der Waals surface area (Å²) in [5.41, 5.74) is 2.99. The maximum absolute atomic E-state index is 13.3. The lowest BCUT2D eigenvalue weighted by atomic mass is 10.1. The third-order valence-electron chi connectivity index (χ3n) is 4.16. The first-order valence-corrected chi connectivity index (χ1v) is 8.28. The Morgan fingerprint density at radius 2 is 2.08 bits per heavy atom. The van der Waals surface area contributed by atoms with Crippen molar-refractivity contribution < 1.29 is 4.39 Å². The highest BCUT2D eigenvalue weighted by Gasteiger charge is 2.29. The van der Waals surface area contributed by atoms with E-state index < -0.39 is 5.82 Å². The fourth-order valence-corrected chi connectivity index (χ4v) is 3.23. The van der Waals surface area contributed by atoms with Gasteiger partial charge in [0.05, 0.1) is 11.2 Å². The van der Waals surface area contributed by atoms with Gasteiger partial charge in [-0.3, -0.25) is 0 Å². The fourth-order valence-electron chi connectivity index (χ4n) is 3.05. The summed E-state index contributed by atoms with van der Waals surface area (Å²) in [6, 6.07) is 12.9. The Morgan fingerprint density at radius 1 is 1.24 bits per heavy atom. The van der Waals surface area contributed by atoms with Gasteiger partial charge in [-0.15, -0.1) is 5.10 Å².